The predicted octanol–water partition coefficient (Wildman–Crippen LogP) is 1.66. The van der Waals surface area contributed by atoms with Gasteiger partial charge in [-0.15, -0.1) is 5.10 Å². The molecule has 1 heterocycles. The lowest BCUT2D eigenvalue weighted by Gasteiger charge is -2.09. The molecule has 0 fully saturated rings. The molecular formula is C14H14N4OS. The molecule has 102 valence electrons. The van der Waals surface area contributed by atoms with Crippen LogP contribution in [0.25, 0.3) is 0 Å². The van der Waals surface area contributed by atoms with Gasteiger partial charge in [0.15, 0.2) is 0 Å². The Morgan fingerprint density at radius 3 is 3.00 bits per heavy atom. The third-order valence-corrected chi connectivity index (χ3v) is 3.32. The quantitative estimate of drug-likeness (QED) is 0.841. The number of carbonyl (C=O) groups excluding carboxylic acids is 1. The van der Waals surface area contributed by atoms with Gasteiger partial charge in [-0.1, -0.05) is 23.3 Å². The lowest BCUT2D eigenvalue weighted by Crippen LogP contribution is -2.11. The van der Waals surface area contributed by atoms with Gasteiger partial charge in [-0.2, -0.15) is 0 Å². The first-order valence-corrected chi connectivity index (χ1v) is 6.92. The summed E-state index contributed by atoms with van der Waals surface area (Å²) in [4.78, 5) is 12.5. The number of nitrogens with two attached hydrogens (primary N) is 1. The van der Waals surface area contributed by atoms with Gasteiger partial charge in [0.05, 0.1) is 12.7 Å². The number of hydrogen-bond acceptors (Lipinski definition) is 5. The van der Waals surface area contributed by atoms with E-state index in [4.69, 9.17) is 5.73 Å². The summed E-state index contributed by atoms with van der Waals surface area (Å²) in [6.45, 7) is 2.36. The molecule has 6 heteroatoms. The molecule has 0 spiro atoms. The SMILES string of the molecule is CCc1cc(C#CCN)ccc1NC(=O)c1cnns1. The van der Waals surface area contributed by atoms with Crippen LogP contribution in [0.2, 0.25) is 0 Å². The number of aryl methyl sites for hydroxylation is 1. The molecule has 0 bridgehead atoms. The fourth-order valence-corrected chi connectivity index (χ4v) is 2.10. The average molecular weight is 286 g/mol. The van der Waals surface area contributed by atoms with Crippen molar-refractivity contribution in [3.05, 3.63) is 40.4 Å². The lowest BCUT2D eigenvalue weighted by molar-refractivity contribution is 0.103. The third kappa shape index (κ3) is 3.41. The van der Waals surface area contributed by atoms with Gasteiger partial charge in [-0.25, -0.2) is 0 Å². The fourth-order valence-electron chi connectivity index (χ4n) is 1.69. The van der Waals surface area contributed by atoms with Crippen LogP contribution in [0, 0.1) is 11.8 Å². The van der Waals surface area contributed by atoms with Gasteiger partial charge < -0.3 is 11.1 Å². The molecule has 0 saturated carbocycles. The van der Waals surface area contributed by atoms with Crippen LogP contribution in [-0.2, 0) is 6.42 Å². The van der Waals surface area contributed by atoms with Crippen molar-refractivity contribution in [1.29, 1.82) is 0 Å². The molecule has 0 atom stereocenters. The zero-order valence-electron chi connectivity index (χ0n) is 11.0. The van der Waals surface area contributed by atoms with Crippen molar-refractivity contribution in [2.24, 2.45) is 5.73 Å². The largest absolute Gasteiger partial charge is 0.321 e. The van der Waals surface area contributed by atoms with Crippen LogP contribution in [0.1, 0.15) is 27.7 Å². The van der Waals surface area contributed by atoms with Gasteiger partial charge >= 0.3 is 0 Å². The Hall–Kier alpha value is -2.23. The molecule has 0 unspecified atom stereocenters. The zero-order valence-corrected chi connectivity index (χ0v) is 11.8. The van der Waals surface area contributed by atoms with Crippen molar-refractivity contribution >= 4 is 23.1 Å². The highest BCUT2D eigenvalue weighted by molar-refractivity contribution is 7.07. The Morgan fingerprint density at radius 2 is 2.35 bits per heavy atom. The van der Waals surface area contributed by atoms with Crippen molar-refractivity contribution in [1.82, 2.24) is 9.59 Å². The molecule has 5 nitrogen and oxygen atoms in total. The van der Waals surface area contributed by atoms with E-state index in [0.717, 1.165) is 34.8 Å². The van der Waals surface area contributed by atoms with Crippen LogP contribution in [0.4, 0.5) is 5.69 Å². The summed E-state index contributed by atoms with van der Waals surface area (Å²) < 4.78 is 3.68. The van der Waals surface area contributed by atoms with Crippen LogP contribution in [0.5, 0.6) is 0 Å². The Bertz CT molecular complexity index is 656. The van der Waals surface area contributed by atoms with E-state index in [1.807, 2.05) is 25.1 Å². The van der Waals surface area contributed by atoms with E-state index >= 15 is 0 Å². The van der Waals surface area contributed by atoms with Gasteiger partial charge in [-0.05, 0) is 41.7 Å². The van der Waals surface area contributed by atoms with Gasteiger partial charge in [0, 0.05) is 11.3 Å². The van der Waals surface area contributed by atoms with Crippen LogP contribution >= 0.6 is 11.5 Å². The maximum absolute atomic E-state index is 12.0. The second kappa shape index (κ2) is 6.80. The van der Waals surface area contributed by atoms with E-state index < -0.39 is 0 Å². The van der Waals surface area contributed by atoms with Crippen molar-refractivity contribution < 1.29 is 4.79 Å². The number of benzene rings is 1. The number of amides is 1. The molecule has 1 aromatic heterocycles. The summed E-state index contributed by atoms with van der Waals surface area (Å²) in [5.41, 5.74) is 8.06. The number of hydrogen-bond donors (Lipinski definition) is 2. The molecular weight excluding hydrogens is 272 g/mol. The van der Waals surface area contributed by atoms with E-state index in [0.29, 0.717) is 11.4 Å². The first-order valence-electron chi connectivity index (χ1n) is 6.15. The van der Waals surface area contributed by atoms with E-state index in [2.05, 4.69) is 26.7 Å². The molecule has 0 aliphatic carbocycles. The molecule has 1 amide bonds. The highest BCUT2D eigenvalue weighted by Crippen LogP contribution is 2.19. The minimum Gasteiger partial charge on any atom is -0.321 e. The minimum absolute atomic E-state index is 0.199. The van der Waals surface area contributed by atoms with Crippen LogP contribution in [-0.4, -0.2) is 22.0 Å². The maximum Gasteiger partial charge on any atom is 0.269 e. The second-order valence-corrected chi connectivity index (χ2v) is 4.75. The number of nitrogens with zero attached hydrogens (tertiary/aromatic N) is 2. The molecule has 3 N–H and O–H groups in total. The Balaban J connectivity index is 2.21. The van der Waals surface area contributed by atoms with E-state index in [-0.39, 0.29) is 5.91 Å². The predicted molar refractivity (Wildman–Crippen MR) is 79.6 cm³/mol. The normalized spacial score (nSPS) is 9.70. The Kier molecular flexibility index (Phi) is 4.82. The summed E-state index contributed by atoms with van der Waals surface area (Å²) in [6.07, 6.45) is 2.25. The molecule has 2 rings (SSSR count). The fraction of sp³-hybridized carbons (Fsp3) is 0.214. The smallest absolute Gasteiger partial charge is 0.269 e. The zero-order chi connectivity index (χ0) is 14.4. The topological polar surface area (TPSA) is 80.9 Å². The van der Waals surface area contributed by atoms with Crippen molar-refractivity contribution in [3.63, 3.8) is 0 Å². The molecule has 20 heavy (non-hydrogen) atoms. The minimum atomic E-state index is -0.199. The van der Waals surface area contributed by atoms with E-state index in [1.54, 1.807) is 0 Å². The number of carbonyl (C=O) groups is 1. The van der Waals surface area contributed by atoms with Gasteiger partial charge in [0.2, 0.25) is 0 Å². The van der Waals surface area contributed by atoms with E-state index in [9.17, 15) is 4.79 Å². The second-order valence-electron chi connectivity index (χ2n) is 3.97. The third-order valence-electron chi connectivity index (χ3n) is 2.65. The number of anilines is 1. The molecule has 1 aromatic carbocycles. The van der Waals surface area contributed by atoms with Crippen molar-refractivity contribution in [2.45, 2.75) is 13.3 Å². The summed E-state index contributed by atoms with van der Waals surface area (Å²) in [7, 11) is 0. The molecule has 0 radical (unpaired) electrons. The van der Waals surface area contributed by atoms with Gasteiger partial charge in [0.25, 0.3) is 5.91 Å². The Morgan fingerprint density at radius 1 is 1.50 bits per heavy atom. The van der Waals surface area contributed by atoms with Crippen LogP contribution in [0.15, 0.2) is 24.4 Å². The summed E-state index contributed by atoms with van der Waals surface area (Å²) in [5, 5.41) is 6.52. The summed E-state index contributed by atoms with van der Waals surface area (Å²) in [6, 6.07) is 5.68. The van der Waals surface area contributed by atoms with Crippen molar-refractivity contribution in [3.8, 4) is 11.8 Å². The van der Waals surface area contributed by atoms with Crippen LogP contribution < -0.4 is 11.1 Å². The van der Waals surface area contributed by atoms with Crippen molar-refractivity contribution in [2.75, 3.05) is 11.9 Å². The highest BCUT2D eigenvalue weighted by atomic mass is 32.1. The van der Waals surface area contributed by atoms with E-state index in [1.165, 1.54) is 6.20 Å². The molecule has 0 aliphatic heterocycles. The van der Waals surface area contributed by atoms with Gasteiger partial charge in [-0.3, -0.25) is 4.79 Å². The first-order chi connectivity index (χ1) is 9.74. The number of aromatic nitrogens is 2. The lowest BCUT2D eigenvalue weighted by atomic mass is 10.1. The standard InChI is InChI=1S/C14H14N4OS/c1-2-11-8-10(4-3-7-15)5-6-12(11)17-14(19)13-9-16-18-20-13/h5-6,8-9H,2,7,15H2,1H3,(H,17,19). The summed E-state index contributed by atoms with van der Waals surface area (Å²) in [5.74, 6) is 5.60. The first kappa shape index (κ1) is 14.2. The molecule has 2 aromatic rings. The van der Waals surface area contributed by atoms with Gasteiger partial charge in [0.1, 0.15) is 4.88 Å². The average Bonchev–Trinajstić information content (AvgIpc) is 3.00. The number of nitrogens with one attached hydrogen (secondary N) is 1. The molecule has 0 saturated heterocycles. The summed E-state index contributed by atoms with van der Waals surface area (Å²) >= 11 is 1.07. The number of rotatable bonds is 3. The monoisotopic (exact) mass is 286 g/mol. The highest BCUT2D eigenvalue weighted by Gasteiger charge is 2.10. The Labute approximate surface area is 121 Å². The van der Waals surface area contributed by atoms with Crippen LogP contribution in [0.3, 0.4) is 0 Å². The maximum atomic E-state index is 12.0. The molecule has 0 aliphatic rings.